The first-order chi connectivity index (χ1) is 31.8. The average Bonchev–Trinajstić information content (AvgIpc) is 3.30. The van der Waals surface area contributed by atoms with Crippen LogP contribution in [0.2, 0.25) is 0 Å². The number of hydrogen-bond acceptors (Lipinski definition) is 10. The van der Waals surface area contributed by atoms with Crippen molar-refractivity contribution in [2.75, 3.05) is 19.8 Å². The summed E-state index contributed by atoms with van der Waals surface area (Å²) in [6.45, 7) is 3.25. The van der Waals surface area contributed by atoms with Gasteiger partial charge in [0.2, 0.25) is 0 Å². The summed E-state index contributed by atoms with van der Waals surface area (Å²) in [5, 5.41) is 40.2. The Labute approximate surface area is 393 Å². The van der Waals surface area contributed by atoms with Crippen LogP contribution in [0.4, 0.5) is 0 Å². The lowest BCUT2D eigenvalue weighted by atomic mass is 9.99. The second kappa shape index (κ2) is 44.2. The number of unbranched alkanes of at least 4 members (excludes halogenated alkanes) is 11. The van der Waals surface area contributed by atoms with E-state index in [1.54, 1.807) is 0 Å². The summed E-state index contributed by atoms with van der Waals surface area (Å²) in [6, 6.07) is 0. The predicted octanol–water partition coefficient (Wildman–Crippen LogP) is 11.7. The van der Waals surface area contributed by atoms with Crippen LogP contribution < -0.4 is 0 Å². The third-order valence-corrected chi connectivity index (χ3v) is 10.6. The van der Waals surface area contributed by atoms with Crippen LogP contribution in [0.5, 0.6) is 0 Å². The van der Waals surface area contributed by atoms with Crippen molar-refractivity contribution in [2.24, 2.45) is 0 Å². The number of hydrogen-bond donors (Lipinski definition) is 4. The average molecular weight is 909 g/mol. The number of aliphatic hydroxyl groups is 4. The molecule has 1 heterocycles. The molecule has 0 aromatic rings. The van der Waals surface area contributed by atoms with Gasteiger partial charge in [0.25, 0.3) is 0 Å². The standard InChI is InChI=1S/C55H88O10/c1-3-5-7-9-11-13-15-17-19-21-23-24-26-27-29-31-33-35-37-39-41-43-50(57)62-46-48(47-63-55-54(61)53(60)52(59)49(45-56)65-55)64-51(58)44-42-40-38-36-34-32-30-28-25-22-20-18-16-14-12-10-8-6-4-2/h12,14,18-21,24-26,28-29,31-32,34-35,37-38,40,48-49,52-56,59-61H,3-11,13,15-17,22-23,27,30,33,36,39,41-47H2,1-2H3/b14-12+,20-18+,21-19+,26-24+,28-25+,31-29+,34-32+,37-35+,40-38+/t48-,49-,52+,53?,54?,55-/m0/s1. The van der Waals surface area contributed by atoms with Gasteiger partial charge in [0.1, 0.15) is 31.0 Å². The Balaban J connectivity index is 2.40. The third-order valence-electron chi connectivity index (χ3n) is 10.6. The summed E-state index contributed by atoms with van der Waals surface area (Å²) in [4.78, 5) is 25.4. The van der Waals surface area contributed by atoms with Crippen LogP contribution in [-0.2, 0) is 28.5 Å². The molecule has 0 radical (unpaired) electrons. The van der Waals surface area contributed by atoms with Gasteiger partial charge in [-0.3, -0.25) is 9.59 Å². The minimum Gasteiger partial charge on any atom is -0.462 e. The second-order valence-corrected chi connectivity index (χ2v) is 16.6. The first kappa shape index (κ1) is 59.4. The highest BCUT2D eigenvalue weighted by Gasteiger charge is 2.44. The molecule has 0 aromatic carbocycles. The predicted molar refractivity (Wildman–Crippen MR) is 265 cm³/mol. The molecule has 0 saturated carbocycles. The quantitative estimate of drug-likeness (QED) is 0.0266. The summed E-state index contributed by atoms with van der Waals surface area (Å²) >= 11 is 0. The van der Waals surface area contributed by atoms with Gasteiger partial charge < -0.3 is 39.4 Å². The van der Waals surface area contributed by atoms with Gasteiger partial charge >= 0.3 is 11.9 Å². The van der Waals surface area contributed by atoms with Crippen molar-refractivity contribution in [3.05, 3.63) is 109 Å². The Bertz CT molecular complexity index is 1420. The zero-order chi connectivity index (χ0) is 47.3. The van der Waals surface area contributed by atoms with Crippen molar-refractivity contribution in [2.45, 2.75) is 205 Å². The maximum Gasteiger partial charge on any atom is 0.306 e. The molecular weight excluding hydrogens is 821 g/mol. The second-order valence-electron chi connectivity index (χ2n) is 16.6. The largest absolute Gasteiger partial charge is 0.462 e. The number of esters is 2. The topological polar surface area (TPSA) is 152 Å². The molecule has 0 aliphatic carbocycles. The lowest BCUT2D eigenvalue weighted by Crippen LogP contribution is -2.59. The molecule has 0 bridgehead atoms. The maximum atomic E-state index is 12.8. The maximum absolute atomic E-state index is 12.8. The number of carbonyl (C=O) groups excluding carboxylic acids is 2. The molecule has 4 N–H and O–H groups in total. The number of rotatable bonds is 40. The summed E-state index contributed by atoms with van der Waals surface area (Å²) < 4.78 is 22.1. The molecule has 6 atom stereocenters. The minimum absolute atomic E-state index is 0.0882. The van der Waals surface area contributed by atoms with E-state index in [1.165, 1.54) is 77.0 Å². The van der Waals surface area contributed by atoms with E-state index in [0.29, 0.717) is 19.3 Å². The van der Waals surface area contributed by atoms with Gasteiger partial charge in [-0.15, -0.1) is 0 Å². The van der Waals surface area contributed by atoms with Crippen LogP contribution in [0.15, 0.2) is 109 Å². The van der Waals surface area contributed by atoms with Crippen molar-refractivity contribution in [1.29, 1.82) is 0 Å². The lowest BCUT2D eigenvalue weighted by molar-refractivity contribution is -0.305. The summed E-state index contributed by atoms with van der Waals surface area (Å²) in [7, 11) is 0. The lowest BCUT2D eigenvalue weighted by Gasteiger charge is -2.39. The van der Waals surface area contributed by atoms with E-state index in [9.17, 15) is 30.0 Å². The minimum atomic E-state index is -1.62. The number of allylic oxidation sites excluding steroid dienone is 18. The first-order valence-corrected chi connectivity index (χ1v) is 25.0. The van der Waals surface area contributed by atoms with Crippen molar-refractivity contribution in [3.8, 4) is 0 Å². The molecule has 10 nitrogen and oxygen atoms in total. The van der Waals surface area contributed by atoms with Gasteiger partial charge in [-0.25, -0.2) is 0 Å². The molecular formula is C55H88O10. The Kier molecular flexibility index (Phi) is 40.4. The normalized spacial score (nSPS) is 20.2. The molecule has 0 amide bonds. The summed E-state index contributed by atoms with van der Waals surface area (Å²) in [6.07, 6.45) is 54.0. The highest BCUT2D eigenvalue weighted by atomic mass is 16.7. The van der Waals surface area contributed by atoms with Crippen molar-refractivity contribution in [1.82, 2.24) is 0 Å². The van der Waals surface area contributed by atoms with Crippen molar-refractivity contribution in [3.63, 3.8) is 0 Å². The van der Waals surface area contributed by atoms with Crippen molar-refractivity contribution < 1.29 is 49.0 Å². The van der Waals surface area contributed by atoms with E-state index in [-0.39, 0.29) is 26.1 Å². The zero-order valence-corrected chi connectivity index (χ0v) is 40.2. The van der Waals surface area contributed by atoms with E-state index in [4.69, 9.17) is 18.9 Å². The van der Waals surface area contributed by atoms with Gasteiger partial charge in [0.05, 0.1) is 13.2 Å². The molecule has 10 heteroatoms. The van der Waals surface area contributed by atoms with E-state index in [1.807, 2.05) is 18.2 Å². The fourth-order valence-corrected chi connectivity index (χ4v) is 6.69. The molecule has 368 valence electrons. The van der Waals surface area contributed by atoms with Crippen LogP contribution in [0.25, 0.3) is 0 Å². The first-order valence-electron chi connectivity index (χ1n) is 25.0. The molecule has 0 spiro atoms. The van der Waals surface area contributed by atoms with Gasteiger partial charge in [-0.05, 0) is 89.9 Å². The fraction of sp³-hybridized carbons (Fsp3) is 0.636. The molecule has 1 saturated heterocycles. The van der Waals surface area contributed by atoms with Crippen LogP contribution in [-0.4, -0.2) is 89.0 Å². The Morgan fingerprint density at radius 1 is 0.477 bits per heavy atom. The van der Waals surface area contributed by atoms with E-state index in [2.05, 4.69) is 105 Å². The van der Waals surface area contributed by atoms with Crippen LogP contribution in [0.3, 0.4) is 0 Å². The smallest absolute Gasteiger partial charge is 0.306 e. The van der Waals surface area contributed by atoms with Crippen molar-refractivity contribution >= 4 is 11.9 Å². The highest BCUT2D eigenvalue weighted by molar-refractivity contribution is 5.70. The highest BCUT2D eigenvalue weighted by Crippen LogP contribution is 2.22. The fourth-order valence-electron chi connectivity index (χ4n) is 6.69. The summed E-state index contributed by atoms with van der Waals surface area (Å²) in [5.41, 5.74) is 0. The van der Waals surface area contributed by atoms with Gasteiger partial charge in [0, 0.05) is 12.8 Å². The Morgan fingerprint density at radius 3 is 1.38 bits per heavy atom. The monoisotopic (exact) mass is 909 g/mol. The molecule has 1 rings (SSSR count). The Hall–Kier alpha value is -3.64. The third kappa shape index (κ3) is 35.3. The zero-order valence-electron chi connectivity index (χ0n) is 40.2. The van der Waals surface area contributed by atoms with E-state index < -0.39 is 55.4 Å². The molecule has 65 heavy (non-hydrogen) atoms. The molecule has 1 fully saturated rings. The molecule has 0 aromatic heterocycles. The number of carbonyl (C=O) groups is 2. The number of ether oxygens (including phenoxy) is 4. The molecule has 2 unspecified atom stereocenters. The van der Waals surface area contributed by atoms with Gasteiger partial charge in [-0.2, -0.15) is 0 Å². The SMILES string of the molecule is CCCCC/C=C/C/C=C/C/C=C/C/C=C/C/C=C/CCC(=O)O[C@@H](COC(=O)CCC/C=C/C/C=C/C/C=C/C/C=C/CCCCCCCCC)CO[C@H]1O[C@@H](CO)[C@@H](O)C(O)C1O. The van der Waals surface area contributed by atoms with E-state index in [0.717, 1.165) is 44.9 Å². The molecule has 1 aliphatic heterocycles. The van der Waals surface area contributed by atoms with Crippen LogP contribution in [0, 0.1) is 0 Å². The summed E-state index contributed by atoms with van der Waals surface area (Å²) in [5.74, 6) is -0.978. The Morgan fingerprint density at radius 2 is 0.892 bits per heavy atom. The van der Waals surface area contributed by atoms with Crippen LogP contribution >= 0.6 is 0 Å². The molecule has 1 aliphatic rings. The van der Waals surface area contributed by atoms with E-state index >= 15 is 0 Å². The van der Waals surface area contributed by atoms with Gasteiger partial charge in [0.15, 0.2) is 12.4 Å². The van der Waals surface area contributed by atoms with Crippen LogP contribution in [0.1, 0.15) is 168 Å². The number of aliphatic hydroxyl groups excluding tert-OH is 4. The van der Waals surface area contributed by atoms with Gasteiger partial charge in [-0.1, -0.05) is 175 Å².